The summed E-state index contributed by atoms with van der Waals surface area (Å²) in [5, 5.41) is 14.1. The van der Waals surface area contributed by atoms with E-state index in [0.29, 0.717) is 0 Å². The Balaban J connectivity index is 1.57. The van der Waals surface area contributed by atoms with Crippen molar-refractivity contribution < 1.29 is 22.9 Å². The third-order valence-corrected chi connectivity index (χ3v) is 7.08. The molecule has 34 heavy (non-hydrogen) atoms. The van der Waals surface area contributed by atoms with Gasteiger partial charge in [0, 0.05) is 17.7 Å². The van der Waals surface area contributed by atoms with Crippen molar-refractivity contribution in [2.75, 3.05) is 11.8 Å². The molecule has 0 aliphatic heterocycles. The molecule has 2 N–H and O–H groups in total. The molecule has 0 fully saturated rings. The molecule has 0 bridgehead atoms. The zero-order chi connectivity index (χ0) is 24.3. The lowest BCUT2D eigenvalue weighted by Crippen LogP contribution is -2.31. The number of carbonyl (C=O) groups excluding carboxylic acids is 1. The van der Waals surface area contributed by atoms with Crippen LogP contribution in [-0.4, -0.2) is 26.4 Å². The minimum absolute atomic E-state index is 0.0784. The van der Waals surface area contributed by atoms with Gasteiger partial charge < -0.3 is 10.1 Å². The Morgan fingerprint density at radius 2 is 1.88 bits per heavy atom. The highest BCUT2D eigenvalue weighted by Gasteiger charge is 2.24. The van der Waals surface area contributed by atoms with Gasteiger partial charge in [0.15, 0.2) is 0 Å². The van der Waals surface area contributed by atoms with Crippen LogP contribution < -0.4 is 14.8 Å². The molecule has 1 unspecified atom stereocenters. The van der Waals surface area contributed by atoms with Gasteiger partial charge in [0.25, 0.3) is 21.6 Å². The van der Waals surface area contributed by atoms with E-state index < -0.39 is 14.9 Å². The maximum absolute atomic E-state index is 13.0. The van der Waals surface area contributed by atoms with E-state index in [4.69, 9.17) is 4.74 Å². The number of nitro benzene ring substituents is 1. The van der Waals surface area contributed by atoms with Gasteiger partial charge in [-0.2, -0.15) is 0 Å². The molecule has 10 heteroatoms. The largest absolute Gasteiger partial charge is 0.495 e. The fourth-order valence-corrected chi connectivity index (χ4v) is 5.15. The molecular weight excluding hydrogens is 458 g/mol. The van der Waals surface area contributed by atoms with Crippen LogP contribution in [0.5, 0.6) is 5.75 Å². The molecule has 1 aliphatic rings. The Morgan fingerprint density at radius 1 is 1.09 bits per heavy atom. The zero-order valence-corrected chi connectivity index (χ0v) is 19.2. The Bertz CT molecular complexity index is 1360. The van der Waals surface area contributed by atoms with Gasteiger partial charge >= 0.3 is 0 Å². The van der Waals surface area contributed by atoms with E-state index in [9.17, 15) is 23.3 Å². The van der Waals surface area contributed by atoms with Crippen LogP contribution in [-0.2, 0) is 16.4 Å². The van der Waals surface area contributed by atoms with Crippen molar-refractivity contribution in [3.63, 3.8) is 0 Å². The molecular formula is C24H23N3O6S. The number of ether oxygens (including phenoxy) is 1. The minimum Gasteiger partial charge on any atom is -0.495 e. The van der Waals surface area contributed by atoms with Gasteiger partial charge in [-0.1, -0.05) is 30.3 Å². The number of sulfonamides is 1. The van der Waals surface area contributed by atoms with Gasteiger partial charge in [-0.15, -0.1) is 0 Å². The topological polar surface area (TPSA) is 128 Å². The third kappa shape index (κ3) is 4.86. The van der Waals surface area contributed by atoms with Crippen LogP contribution in [0.3, 0.4) is 0 Å². The highest BCUT2D eigenvalue weighted by Crippen LogP contribution is 2.32. The van der Waals surface area contributed by atoms with Gasteiger partial charge in [0.05, 0.1) is 28.7 Å². The number of hydrogen-bond donors (Lipinski definition) is 2. The first-order valence-electron chi connectivity index (χ1n) is 10.6. The number of methoxy groups -OCH3 is 1. The van der Waals surface area contributed by atoms with Crippen LogP contribution >= 0.6 is 0 Å². The first-order valence-corrected chi connectivity index (χ1v) is 12.1. The predicted octanol–water partition coefficient (Wildman–Crippen LogP) is 4.21. The summed E-state index contributed by atoms with van der Waals surface area (Å²) in [6.45, 7) is 0. The van der Waals surface area contributed by atoms with Crippen molar-refractivity contribution in [2.45, 2.75) is 30.2 Å². The highest BCUT2D eigenvalue weighted by molar-refractivity contribution is 7.92. The number of rotatable bonds is 7. The van der Waals surface area contributed by atoms with E-state index in [0.717, 1.165) is 30.9 Å². The molecule has 0 heterocycles. The van der Waals surface area contributed by atoms with E-state index >= 15 is 0 Å². The maximum atomic E-state index is 13.0. The minimum atomic E-state index is -4.16. The summed E-state index contributed by atoms with van der Waals surface area (Å²) in [5.74, 6) is -0.259. The Morgan fingerprint density at radius 3 is 2.65 bits per heavy atom. The average molecular weight is 482 g/mol. The van der Waals surface area contributed by atoms with Gasteiger partial charge in [0.1, 0.15) is 5.75 Å². The smallest absolute Gasteiger partial charge is 0.271 e. The Labute approximate surface area is 197 Å². The van der Waals surface area contributed by atoms with Crippen LogP contribution in [0.15, 0.2) is 71.6 Å². The Kier molecular flexibility index (Phi) is 6.51. The summed E-state index contributed by atoms with van der Waals surface area (Å²) in [6, 6.07) is 17.0. The van der Waals surface area contributed by atoms with Crippen molar-refractivity contribution in [3.8, 4) is 5.75 Å². The first kappa shape index (κ1) is 23.2. The molecule has 3 aromatic carbocycles. The van der Waals surface area contributed by atoms with Crippen molar-refractivity contribution in [1.82, 2.24) is 5.32 Å². The monoisotopic (exact) mass is 481 g/mol. The average Bonchev–Trinajstić information content (AvgIpc) is 2.84. The number of nitrogens with zero attached hydrogens (tertiary/aromatic N) is 1. The fraction of sp³-hybridized carbons (Fsp3) is 0.208. The van der Waals surface area contributed by atoms with Crippen LogP contribution in [0.1, 0.15) is 40.4 Å². The van der Waals surface area contributed by atoms with E-state index in [2.05, 4.69) is 16.1 Å². The third-order valence-electron chi connectivity index (χ3n) is 5.72. The second-order valence-electron chi connectivity index (χ2n) is 7.89. The standard InChI is InChI=1S/C24H23N3O6S/c1-33-23-13-12-18(27(29)30)15-22(23)26-34(31,32)19-9-4-8-17(14-19)24(28)25-21-11-5-7-16-6-2-3-10-20(16)21/h2-4,6,8-10,12-15,21,26H,5,7,11H2,1H3,(H,25,28). The maximum Gasteiger partial charge on any atom is 0.271 e. The van der Waals surface area contributed by atoms with Crippen LogP contribution in [0.4, 0.5) is 11.4 Å². The summed E-state index contributed by atoms with van der Waals surface area (Å²) in [4.78, 5) is 23.3. The zero-order valence-electron chi connectivity index (χ0n) is 18.4. The van der Waals surface area contributed by atoms with Crippen molar-refractivity contribution in [2.24, 2.45) is 0 Å². The normalized spacial score (nSPS) is 15.1. The lowest BCUT2D eigenvalue weighted by Gasteiger charge is -2.26. The predicted molar refractivity (Wildman–Crippen MR) is 126 cm³/mol. The molecule has 4 rings (SSSR count). The van der Waals surface area contributed by atoms with Gasteiger partial charge in [-0.05, 0) is 54.7 Å². The summed E-state index contributed by atoms with van der Waals surface area (Å²) in [7, 11) is -2.83. The number of nitro groups is 1. The summed E-state index contributed by atoms with van der Waals surface area (Å²) in [5.41, 5.74) is 2.09. The van der Waals surface area contributed by atoms with E-state index in [1.165, 1.54) is 49.1 Å². The molecule has 0 radical (unpaired) electrons. The molecule has 0 saturated heterocycles. The summed E-state index contributed by atoms with van der Waals surface area (Å²) >= 11 is 0. The molecule has 0 spiro atoms. The number of amides is 1. The molecule has 176 valence electrons. The van der Waals surface area contributed by atoms with Gasteiger partial charge in [0.2, 0.25) is 0 Å². The van der Waals surface area contributed by atoms with Gasteiger partial charge in [-0.25, -0.2) is 8.42 Å². The lowest BCUT2D eigenvalue weighted by molar-refractivity contribution is -0.384. The van der Waals surface area contributed by atoms with Crippen LogP contribution in [0, 0.1) is 10.1 Å². The van der Waals surface area contributed by atoms with Crippen molar-refractivity contribution >= 4 is 27.3 Å². The number of anilines is 1. The number of hydrogen-bond acceptors (Lipinski definition) is 6. The summed E-state index contributed by atoms with van der Waals surface area (Å²) < 4.78 is 33.5. The molecule has 1 aliphatic carbocycles. The number of non-ortho nitro benzene ring substituents is 1. The van der Waals surface area contributed by atoms with Crippen LogP contribution in [0.2, 0.25) is 0 Å². The molecule has 1 atom stereocenters. The second kappa shape index (κ2) is 9.52. The molecule has 0 saturated carbocycles. The quantitative estimate of drug-likeness (QED) is 0.384. The van der Waals surface area contributed by atoms with E-state index in [-0.39, 0.29) is 39.5 Å². The first-order chi connectivity index (χ1) is 16.3. The summed E-state index contributed by atoms with van der Waals surface area (Å²) in [6.07, 6.45) is 2.71. The number of aryl methyl sites for hydroxylation is 1. The fourth-order valence-electron chi connectivity index (χ4n) is 4.04. The number of nitrogens with one attached hydrogen (secondary N) is 2. The van der Waals surface area contributed by atoms with Crippen molar-refractivity contribution in [1.29, 1.82) is 0 Å². The van der Waals surface area contributed by atoms with Crippen LogP contribution in [0.25, 0.3) is 0 Å². The lowest BCUT2D eigenvalue weighted by atomic mass is 9.87. The van der Waals surface area contributed by atoms with E-state index in [1.807, 2.05) is 18.2 Å². The van der Waals surface area contributed by atoms with Gasteiger partial charge in [-0.3, -0.25) is 19.6 Å². The van der Waals surface area contributed by atoms with E-state index in [1.54, 1.807) is 0 Å². The SMILES string of the molecule is COc1ccc([N+](=O)[O-])cc1NS(=O)(=O)c1cccc(C(=O)NC2CCCc3ccccc32)c1. The molecule has 1 amide bonds. The second-order valence-corrected chi connectivity index (χ2v) is 9.57. The molecule has 0 aromatic heterocycles. The number of carbonyl (C=O) groups is 1. The van der Waals surface area contributed by atoms with Crippen molar-refractivity contribution in [3.05, 3.63) is 93.5 Å². The molecule has 9 nitrogen and oxygen atoms in total. The molecule has 3 aromatic rings. The number of benzene rings is 3. The Hall–Kier alpha value is -3.92. The number of fused-ring (bicyclic) bond motifs is 1. The highest BCUT2D eigenvalue weighted by atomic mass is 32.2.